The van der Waals surface area contributed by atoms with E-state index >= 15 is 0 Å². The molecule has 0 aliphatic carbocycles. The predicted molar refractivity (Wildman–Crippen MR) is 90.5 cm³/mol. The van der Waals surface area contributed by atoms with Crippen LogP contribution in [0.25, 0.3) is 0 Å². The molecule has 1 fully saturated rings. The lowest BCUT2D eigenvalue weighted by molar-refractivity contribution is 0.0780. The van der Waals surface area contributed by atoms with Gasteiger partial charge in [0.1, 0.15) is 0 Å². The number of nitrogens with one attached hydrogen (secondary N) is 1. The summed E-state index contributed by atoms with van der Waals surface area (Å²) in [6.07, 6.45) is 4.18. The van der Waals surface area contributed by atoms with Gasteiger partial charge in [0.25, 0.3) is 5.91 Å². The molecule has 0 spiro atoms. The van der Waals surface area contributed by atoms with Gasteiger partial charge in [-0.15, -0.1) is 16.4 Å². The summed E-state index contributed by atoms with van der Waals surface area (Å²) < 4.78 is 1.80. The summed E-state index contributed by atoms with van der Waals surface area (Å²) in [4.78, 5) is 15.4. The first-order valence-electron chi connectivity index (χ1n) is 8.03. The zero-order valence-corrected chi connectivity index (χ0v) is 14.5. The van der Waals surface area contributed by atoms with Gasteiger partial charge in [0, 0.05) is 18.5 Å². The van der Waals surface area contributed by atoms with Gasteiger partial charge in [-0.1, -0.05) is 5.21 Å². The Labute approximate surface area is 140 Å². The van der Waals surface area contributed by atoms with Gasteiger partial charge >= 0.3 is 0 Å². The Morgan fingerprint density at radius 2 is 2.43 bits per heavy atom. The normalized spacial score (nSPS) is 18.1. The van der Waals surface area contributed by atoms with Crippen molar-refractivity contribution in [2.75, 3.05) is 20.1 Å². The van der Waals surface area contributed by atoms with E-state index in [0.29, 0.717) is 18.2 Å². The van der Waals surface area contributed by atoms with Crippen LogP contribution < -0.4 is 5.32 Å². The molecule has 3 rings (SSSR count). The van der Waals surface area contributed by atoms with Crippen molar-refractivity contribution in [3.8, 4) is 0 Å². The molecular weight excluding hydrogens is 310 g/mol. The van der Waals surface area contributed by atoms with Crippen LogP contribution in [0.4, 0.5) is 0 Å². The van der Waals surface area contributed by atoms with Crippen molar-refractivity contribution in [2.24, 2.45) is 5.92 Å². The fraction of sp³-hybridized carbons (Fsp3) is 0.562. The number of amides is 1. The van der Waals surface area contributed by atoms with Crippen molar-refractivity contribution in [2.45, 2.75) is 32.9 Å². The van der Waals surface area contributed by atoms with Crippen molar-refractivity contribution in [1.29, 1.82) is 0 Å². The molecule has 0 unspecified atom stereocenters. The first-order chi connectivity index (χ1) is 11.1. The molecule has 1 aliphatic rings. The van der Waals surface area contributed by atoms with Gasteiger partial charge in [-0.3, -0.25) is 9.48 Å². The number of aryl methyl sites for hydroxylation is 1. The lowest BCUT2D eigenvalue weighted by Crippen LogP contribution is -2.32. The van der Waals surface area contributed by atoms with Gasteiger partial charge in [0.05, 0.1) is 12.7 Å². The zero-order chi connectivity index (χ0) is 16.2. The first-order valence-corrected chi connectivity index (χ1v) is 8.90. The molecule has 6 nitrogen and oxygen atoms in total. The largest absolute Gasteiger partial charge is 0.335 e. The summed E-state index contributed by atoms with van der Waals surface area (Å²) in [6.45, 7) is 5.62. The highest BCUT2D eigenvalue weighted by molar-refractivity contribution is 7.10. The van der Waals surface area contributed by atoms with E-state index in [0.717, 1.165) is 19.6 Å². The minimum Gasteiger partial charge on any atom is -0.335 e. The molecule has 0 radical (unpaired) electrons. The molecule has 124 valence electrons. The van der Waals surface area contributed by atoms with Crippen LogP contribution in [0.1, 0.15) is 33.8 Å². The molecule has 7 heteroatoms. The molecule has 0 saturated carbocycles. The summed E-state index contributed by atoms with van der Waals surface area (Å²) >= 11 is 1.68. The van der Waals surface area contributed by atoms with Crippen LogP contribution in [0, 0.1) is 12.8 Å². The van der Waals surface area contributed by atoms with Gasteiger partial charge < -0.3 is 10.2 Å². The van der Waals surface area contributed by atoms with E-state index in [1.54, 1.807) is 27.1 Å². The van der Waals surface area contributed by atoms with Gasteiger partial charge in [0.15, 0.2) is 5.69 Å². The Morgan fingerprint density at radius 3 is 3.13 bits per heavy atom. The molecule has 1 saturated heterocycles. The first kappa shape index (κ1) is 16.1. The van der Waals surface area contributed by atoms with E-state index in [-0.39, 0.29) is 5.91 Å². The second kappa shape index (κ2) is 7.23. The third-order valence-electron chi connectivity index (χ3n) is 4.30. The number of aromatic nitrogens is 3. The maximum atomic E-state index is 12.5. The highest BCUT2D eigenvalue weighted by Gasteiger charge is 2.19. The fourth-order valence-electron chi connectivity index (χ4n) is 2.88. The van der Waals surface area contributed by atoms with E-state index in [2.05, 4.69) is 34.0 Å². The monoisotopic (exact) mass is 333 g/mol. The Morgan fingerprint density at radius 1 is 1.57 bits per heavy atom. The Balaban J connectivity index is 1.60. The Bertz CT molecular complexity index is 659. The second-order valence-electron chi connectivity index (χ2n) is 6.23. The van der Waals surface area contributed by atoms with Gasteiger partial charge in [-0.25, -0.2) is 0 Å². The maximum Gasteiger partial charge on any atom is 0.276 e. The summed E-state index contributed by atoms with van der Waals surface area (Å²) in [7, 11) is 1.81. The molecule has 1 aliphatic heterocycles. The average Bonchev–Trinajstić information content (AvgIpc) is 3.17. The summed E-state index contributed by atoms with van der Waals surface area (Å²) in [5.41, 5.74) is 1.65. The third kappa shape index (κ3) is 3.97. The van der Waals surface area contributed by atoms with Crippen LogP contribution in [0.2, 0.25) is 0 Å². The number of rotatable bonds is 5. The highest BCUT2D eigenvalue weighted by atomic mass is 32.1. The van der Waals surface area contributed by atoms with Crippen molar-refractivity contribution in [3.63, 3.8) is 0 Å². The summed E-state index contributed by atoms with van der Waals surface area (Å²) in [5.74, 6) is 0.491. The van der Waals surface area contributed by atoms with Gasteiger partial charge in [0.2, 0.25) is 0 Å². The van der Waals surface area contributed by atoms with E-state index in [9.17, 15) is 4.79 Å². The molecule has 1 atom stereocenters. The molecular formula is C16H23N5OS. The van der Waals surface area contributed by atoms with E-state index < -0.39 is 0 Å². The van der Waals surface area contributed by atoms with Crippen molar-refractivity contribution in [3.05, 3.63) is 33.8 Å². The number of hydrogen-bond acceptors (Lipinski definition) is 5. The topological polar surface area (TPSA) is 63.1 Å². The minimum atomic E-state index is -0.0779. The average molecular weight is 333 g/mol. The van der Waals surface area contributed by atoms with Crippen LogP contribution in [-0.2, 0) is 13.1 Å². The summed E-state index contributed by atoms with van der Waals surface area (Å²) in [5, 5.41) is 13.6. The highest BCUT2D eigenvalue weighted by Crippen LogP contribution is 2.18. The van der Waals surface area contributed by atoms with Crippen molar-refractivity contribution >= 4 is 17.2 Å². The smallest absolute Gasteiger partial charge is 0.276 e. The number of nitrogens with zero attached hydrogens (tertiary/aromatic N) is 4. The SMILES string of the molecule is Cc1ccsc1CN(C)C(=O)c1cn(C[C@@H]2CCCNC2)nn1. The third-order valence-corrected chi connectivity index (χ3v) is 5.31. The molecule has 2 aromatic heterocycles. The standard InChI is InChI=1S/C16H23N5OS/c1-12-5-7-23-15(12)11-20(2)16(22)14-10-21(19-18-14)9-13-4-3-6-17-8-13/h5,7,10,13,17H,3-4,6,8-9,11H2,1-2H3/t13-/m1/s1. The molecule has 0 bridgehead atoms. The maximum absolute atomic E-state index is 12.5. The number of thiophene rings is 1. The molecule has 2 aromatic rings. The minimum absolute atomic E-state index is 0.0779. The van der Waals surface area contributed by atoms with Crippen LogP contribution in [0.15, 0.2) is 17.6 Å². The van der Waals surface area contributed by atoms with Crippen molar-refractivity contribution < 1.29 is 4.79 Å². The van der Waals surface area contributed by atoms with Crippen LogP contribution in [0.5, 0.6) is 0 Å². The molecule has 3 heterocycles. The second-order valence-corrected chi connectivity index (χ2v) is 7.23. The quantitative estimate of drug-likeness (QED) is 0.908. The van der Waals surface area contributed by atoms with E-state index in [4.69, 9.17) is 0 Å². The van der Waals surface area contributed by atoms with Gasteiger partial charge in [-0.05, 0) is 55.8 Å². The number of hydrogen-bond donors (Lipinski definition) is 1. The number of piperidine rings is 1. The zero-order valence-electron chi connectivity index (χ0n) is 13.7. The molecule has 0 aromatic carbocycles. The van der Waals surface area contributed by atoms with Gasteiger partial charge in [-0.2, -0.15) is 0 Å². The molecule has 1 N–H and O–H groups in total. The Kier molecular flexibility index (Phi) is 5.07. The van der Waals surface area contributed by atoms with Crippen molar-refractivity contribution in [1.82, 2.24) is 25.2 Å². The van der Waals surface area contributed by atoms with Crippen LogP contribution in [0.3, 0.4) is 0 Å². The molecule has 23 heavy (non-hydrogen) atoms. The van der Waals surface area contributed by atoms with Crippen LogP contribution >= 0.6 is 11.3 Å². The molecule has 1 amide bonds. The van der Waals surface area contributed by atoms with E-state index in [1.807, 2.05) is 7.05 Å². The van der Waals surface area contributed by atoms with E-state index in [1.165, 1.54) is 23.3 Å². The Hall–Kier alpha value is -1.73. The number of carbonyl (C=O) groups is 1. The lowest BCUT2D eigenvalue weighted by Gasteiger charge is -2.22. The summed E-state index contributed by atoms with van der Waals surface area (Å²) in [6, 6.07) is 2.08. The lowest BCUT2D eigenvalue weighted by atomic mass is 10.00. The van der Waals surface area contributed by atoms with Crippen LogP contribution in [-0.4, -0.2) is 45.9 Å². The fourth-order valence-corrected chi connectivity index (χ4v) is 3.84. The number of carbonyl (C=O) groups excluding carboxylic acids is 1. The predicted octanol–water partition coefficient (Wildman–Crippen LogP) is 1.92.